The van der Waals surface area contributed by atoms with Gasteiger partial charge >= 0.3 is 0 Å². The Labute approximate surface area is 115 Å². The molecule has 1 amide bonds. The Kier molecular flexibility index (Phi) is 4.41. The first-order chi connectivity index (χ1) is 9.60. The minimum absolute atomic E-state index is 0.214. The average Bonchev–Trinajstić information content (AvgIpc) is 2.89. The zero-order chi connectivity index (χ0) is 14.5. The monoisotopic (exact) mass is 277 g/mol. The highest BCUT2D eigenvalue weighted by Crippen LogP contribution is 2.09. The number of nitrogens with zero attached hydrogens (tertiary/aromatic N) is 3. The molecule has 0 radical (unpaired) electrons. The van der Waals surface area contributed by atoms with Crippen LogP contribution in [0.15, 0.2) is 24.4 Å². The molecule has 0 spiro atoms. The lowest BCUT2D eigenvalue weighted by Crippen LogP contribution is -2.23. The van der Waals surface area contributed by atoms with Crippen molar-refractivity contribution in [3.05, 3.63) is 47.0 Å². The third-order valence-corrected chi connectivity index (χ3v) is 2.82. The first kappa shape index (κ1) is 14.1. The molecule has 0 aliphatic heterocycles. The van der Waals surface area contributed by atoms with Gasteiger partial charge in [-0.2, -0.15) is 0 Å². The van der Waals surface area contributed by atoms with Gasteiger partial charge in [-0.25, -0.2) is 4.39 Å². The Morgan fingerprint density at radius 2 is 2.30 bits per heavy atom. The number of halogens is 1. The predicted molar refractivity (Wildman–Crippen MR) is 71.4 cm³/mol. The van der Waals surface area contributed by atoms with E-state index in [0.29, 0.717) is 24.2 Å². The number of hydrogen-bond acceptors (Lipinski definition) is 4. The van der Waals surface area contributed by atoms with Gasteiger partial charge in [0.1, 0.15) is 5.82 Å². The second-order valence-corrected chi connectivity index (χ2v) is 4.42. The van der Waals surface area contributed by atoms with Gasteiger partial charge in [-0.05, 0) is 24.1 Å². The van der Waals surface area contributed by atoms with Crippen LogP contribution in [-0.4, -0.2) is 27.4 Å². The molecule has 0 fully saturated rings. The highest BCUT2D eigenvalue weighted by molar-refractivity contribution is 5.91. The molecule has 0 unspecified atom stereocenters. The van der Waals surface area contributed by atoms with Gasteiger partial charge < -0.3 is 11.1 Å². The van der Waals surface area contributed by atoms with Crippen LogP contribution in [0.2, 0.25) is 0 Å². The lowest BCUT2D eigenvalue weighted by atomic mass is 10.1. The average molecular weight is 277 g/mol. The zero-order valence-corrected chi connectivity index (χ0v) is 11.1. The van der Waals surface area contributed by atoms with E-state index in [-0.39, 0.29) is 24.0 Å². The van der Waals surface area contributed by atoms with Gasteiger partial charge in [0.05, 0.1) is 12.7 Å². The summed E-state index contributed by atoms with van der Waals surface area (Å²) in [6, 6.07) is 4.85. The first-order valence-corrected chi connectivity index (χ1v) is 6.23. The highest BCUT2D eigenvalue weighted by Gasteiger charge is 2.10. The van der Waals surface area contributed by atoms with Crippen LogP contribution in [0.1, 0.15) is 21.6 Å². The predicted octanol–water partition coefficient (Wildman–Crippen LogP) is 0.614. The minimum atomic E-state index is -0.353. The number of carbonyl (C=O) groups is 1. The molecule has 0 saturated heterocycles. The Morgan fingerprint density at radius 1 is 1.50 bits per heavy atom. The van der Waals surface area contributed by atoms with Crippen LogP contribution in [0.5, 0.6) is 0 Å². The Balaban J connectivity index is 1.95. The van der Waals surface area contributed by atoms with Crippen molar-refractivity contribution in [1.29, 1.82) is 0 Å². The Morgan fingerprint density at radius 3 is 3.00 bits per heavy atom. The number of benzene rings is 1. The lowest BCUT2D eigenvalue weighted by molar-refractivity contribution is 0.0945. The molecule has 3 N–H and O–H groups in total. The second-order valence-electron chi connectivity index (χ2n) is 4.42. The number of nitrogens with two attached hydrogens (primary N) is 1. The molecule has 7 heteroatoms. The van der Waals surface area contributed by atoms with Crippen molar-refractivity contribution < 1.29 is 9.18 Å². The number of carbonyl (C=O) groups excluding carboxylic acids is 1. The number of aromatic nitrogens is 3. The summed E-state index contributed by atoms with van der Waals surface area (Å²) >= 11 is 0. The fraction of sp³-hybridized carbons (Fsp3) is 0.308. The molecule has 2 aromatic rings. The van der Waals surface area contributed by atoms with E-state index >= 15 is 0 Å². The van der Waals surface area contributed by atoms with E-state index in [1.165, 1.54) is 16.9 Å². The highest BCUT2D eigenvalue weighted by atomic mass is 19.1. The summed E-state index contributed by atoms with van der Waals surface area (Å²) < 4.78 is 14.9. The van der Waals surface area contributed by atoms with E-state index < -0.39 is 0 Å². The van der Waals surface area contributed by atoms with Crippen LogP contribution in [0.3, 0.4) is 0 Å². The van der Waals surface area contributed by atoms with Crippen molar-refractivity contribution in [1.82, 2.24) is 20.3 Å². The van der Waals surface area contributed by atoms with Crippen molar-refractivity contribution in [3.63, 3.8) is 0 Å². The summed E-state index contributed by atoms with van der Waals surface area (Å²) in [5, 5.41) is 10.2. The third-order valence-electron chi connectivity index (χ3n) is 2.82. The van der Waals surface area contributed by atoms with Gasteiger partial charge in [-0.3, -0.25) is 9.48 Å². The van der Waals surface area contributed by atoms with Crippen LogP contribution in [0.4, 0.5) is 4.39 Å². The van der Waals surface area contributed by atoms with Crippen molar-refractivity contribution in [2.75, 3.05) is 6.54 Å². The molecule has 0 atom stereocenters. The summed E-state index contributed by atoms with van der Waals surface area (Å²) in [5.74, 6) is -0.639. The molecule has 0 aliphatic carbocycles. The summed E-state index contributed by atoms with van der Waals surface area (Å²) in [7, 11) is 0. The summed E-state index contributed by atoms with van der Waals surface area (Å²) in [5.41, 5.74) is 6.86. The smallest absolute Gasteiger partial charge is 0.273 e. The van der Waals surface area contributed by atoms with Crippen LogP contribution < -0.4 is 11.1 Å². The second kappa shape index (κ2) is 6.25. The largest absolute Gasteiger partial charge is 0.347 e. The SMILES string of the molecule is Cc1ccc(CNC(=O)c2cn(CCN)nn2)cc1F. The van der Waals surface area contributed by atoms with Crippen LogP contribution in [-0.2, 0) is 13.1 Å². The van der Waals surface area contributed by atoms with Crippen molar-refractivity contribution in [2.24, 2.45) is 5.73 Å². The topological polar surface area (TPSA) is 85.8 Å². The maximum absolute atomic E-state index is 13.4. The minimum Gasteiger partial charge on any atom is -0.347 e. The molecule has 0 bridgehead atoms. The molecule has 1 aromatic heterocycles. The Hall–Kier alpha value is -2.28. The molecule has 2 rings (SSSR count). The van der Waals surface area contributed by atoms with Gasteiger partial charge in [0.15, 0.2) is 5.69 Å². The molecular weight excluding hydrogens is 261 g/mol. The van der Waals surface area contributed by atoms with Gasteiger partial charge in [0.25, 0.3) is 5.91 Å². The van der Waals surface area contributed by atoms with E-state index in [0.717, 1.165) is 0 Å². The lowest BCUT2D eigenvalue weighted by Gasteiger charge is -2.04. The summed E-state index contributed by atoms with van der Waals surface area (Å²) in [4.78, 5) is 11.8. The summed E-state index contributed by atoms with van der Waals surface area (Å²) in [6.07, 6.45) is 1.53. The quantitative estimate of drug-likeness (QED) is 0.838. The molecule has 0 aliphatic rings. The van der Waals surface area contributed by atoms with Gasteiger partial charge in [-0.1, -0.05) is 17.3 Å². The fourth-order valence-electron chi connectivity index (χ4n) is 1.66. The maximum Gasteiger partial charge on any atom is 0.273 e. The summed E-state index contributed by atoms with van der Waals surface area (Å²) in [6.45, 7) is 2.85. The van der Waals surface area contributed by atoms with Crippen LogP contribution in [0.25, 0.3) is 0 Å². The van der Waals surface area contributed by atoms with E-state index in [9.17, 15) is 9.18 Å². The van der Waals surface area contributed by atoms with Gasteiger partial charge in [-0.15, -0.1) is 5.10 Å². The molecule has 6 nitrogen and oxygen atoms in total. The van der Waals surface area contributed by atoms with Crippen molar-refractivity contribution in [2.45, 2.75) is 20.0 Å². The maximum atomic E-state index is 13.4. The van der Waals surface area contributed by atoms with Gasteiger partial charge in [0.2, 0.25) is 0 Å². The standard InChI is InChI=1S/C13H16FN5O/c1-9-2-3-10(6-11(9)14)7-16-13(20)12-8-19(5-4-15)18-17-12/h2-3,6,8H,4-5,7,15H2,1H3,(H,16,20). The number of hydrogen-bond donors (Lipinski definition) is 2. The molecular formula is C13H16FN5O. The third kappa shape index (κ3) is 3.39. The van der Waals surface area contributed by atoms with Gasteiger partial charge in [0, 0.05) is 13.1 Å². The van der Waals surface area contributed by atoms with Crippen molar-refractivity contribution >= 4 is 5.91 Å². The molecule has 20 heavy (non-hydrogen) atoms. The van der Waals surface area contributed by atoms with Crippen LogP contribution >= 0.6 is 0 Å². The number of aryl methyl sites for hydroxylation is 1. The Bertz CT molecular complexity index is 611. The van der Waals surface area contributed by atoms with E-state index in [4.69, 9.17) is 5.73 Å². The van der Waals surface area contributed by atoms with E-state index in [1.54, 1.807) is 19.1 Å². The first-order valence-electron chi connectivity index (χ1n) is 6.23. The number of rotatable bonds is 5. The van der Waals surface area contributed by atoms with Crippen molar-refractivity contribution in [3.8, 4) is 0 Å². The fourth-order valence-corrected chi connectivity index (χ4v) is 1.66. The normalized spacial score (nSPS) is 10.6. The molecule has 1 heterocycles. The molecule has 1 aromatic carbocycles. The van der Waals surface area contributed by atoms with Crippen LogP contribution in [0, 0.1) is 12.7 Å². The zero-order valence-electron chi connectivity index (χ0n) is 11.1. The number of amides is 1. The number of nitrogens with one attached hydrogen (secondary N) is 1. The molecule has 0 saturated carbocycles. The molecule has 106 valence electrons. The van der Waals surface area contributed by atoms with E-state index in [1.807, 2.05) is 0 Å². The van der Waals surface area contributed by atoms with E-state index in [2.05, 4.69) is 15.6 Å².